The van der Waals surface area contributed by atoms with E-state index in [4.69, 9.17) is 4.52 Å². The van der Waals surface area contributed by atoms with E-state index in [0.717, 1.165) is 25.7 Å². The summed E-state index contributed by atoms with van der Waals surface area (Å²) in [6.07, 6.45) is 5.14. The molecule has 0 aliphatic heterocycles. The van der Waals surface area contributed by atoms with E-state index in [-0.39, 0.29) is 24.3 Å². The van der Waals surface area contributed by atoms with E-state index >= 15 is 0 Å². The van der Waals surface area contributed by atoms with Crippen LogP contribution in [0, 0.1) is 5.92 Å². The second-order valence-electron chi connectivity index (χ2n) is 6.24. The van der Waals surface area contributed by atoms with Gasteiger partial charge in [0.05, 0.1) is 6.54 Å². The number of nitrogens with zero attached hydrogens (tertiary/aromatic N) is 3. The minimum atomic E-state index is -0.263. The predicted octanol–water partition coefficient (Wildman–Crippen LogP) is 2.22. The summed E-state index contributed by atoms with van der Waals surface area (Å²) in [5, 5.41) is 6.30. The number of rotatable bonds is 11. The molecule has 1 heterocycles. The third-order valence-corrected chi connectivity index (χ3v) is 3.92. The topological polar surface area (TPSA) is 78.7 Å². The Labute approximate surface area is 144 Å². The fourth-order valence-corrected chi connectivity index (χ4v) is 2.43. The van der Waals surface area contributed by atoms with Crippen LogP contribution in [0.5, 0.6) is 0 Å². The van der Waals surface area contributed by atoms with Crippen molar-refractivity contribution in [3.8, 4) is 0 Å². The van der Waals surface area contributed by atoms with Crippen LogP contribution < -0.4 is 5.32 Å². The van der Waals surface area contributed by atoms with E-state index in [1.807, 2.05) is 25.9 Å². The summed E-state index contributed by atoms with van der Waals surface area (Å²) in [6, 6.07) is 1.57. The van der Waals surface area contributed by atoms with E-state index in [2.05, 4.69) is 17.4 Å². The molecule has 0 fully saturated rings. The molecule has 2 amide bonds. The molecule has 0 aliphatic carbocycles. The number of aromatic nitrogens is 1. The highest BCUT2D eigenvalue weighted by Crippen LogP contribution is 2.16. The average molecular weight is 338 g/mol. The first-order valence-electron chi connectivity index (χ1n) is 8.61. The van der Waals surface area contributed by atoms with Crippen molar-refractivity contribution in [3.05, 3.63) is 12.3 Å². The highest BCUT2D eigenvalue weighted by molar-refractivity contribution is 5.94. The number of carbonyl (C=O) groups is 2. The Morgan fingerprint density at radius 2 is 2.04 bits per heavy atom. The molecule has 1 aromatic rings. The summed E-state index contributed by atoms with van der Waals surface area (Å²) in [4.78, 5) is 28.7. The van der Waals surface area contributed by atoms with Crippen molar-refractivity contribution >= 4 is 17.6 Å². The number of carbonyl (C=O) groups excluding carboxylic acids is 2. The summed E-state index contributed by atoms with van der Waals surface area (Å²) >= 11 is 0. The van der Waals surface area contributed by atoms with Crippen molar-refractivity contribution in [3.63, 3.8) is 0 Å². The lowest BCUT2D eigenvalue weighted by Gasteiger charge is -2.27. The zero-order valence-corrected chi connectivity index (χ0v) is 15.2. The Hall–Kier alpha value is -1.89. The van der Waals surface area contributed by atoms with Crippen LogP contribution >= 0.6 is 0 Å². The van der Waals surface area contributed by atoms with E-state index in [1.165, 1.54) is 6.26 Å². The standard InChI is InChI=1S/C17H30N4O3/c1-5-7-8-14(6-2)17(23)21(11-10-20(3)4)13-16(22)18-15-9-12-24-19-15/h9,12,14H,5-8,10-11,13H2,1-4H3,(H,18,19,22). The molecule has 24 heavy (non-hydrogen) atoms. The number of hydrogen-bond acceptors (Lipinski definition) is 5. The van der Waals surface area contributed by atoms with Crippen LogP contribution in [-0.2, 0) is 9.59 Å². The minimum Gasteiger partial charge on any atom is -0.363 e. The molecule has 0 saturated carbocycles. The number of anilines is 1. The molecule has 7 nitrogen and oxygen atoms in total. The van der Waals surface area contributed by atoms with Crippen molar-refractivity contribution in [2.45, 2.75) is 39.5 Å². The van der Waals surface area contributed by atoms with Crippen molar-refractivity contribution in [2.24, 2.45) is 5.92 Å². The summed E-state index contributed by atoms with van der Waals surface area (Å²) in [6.45, 7) is 5.42. The third kappa shape index (κ3) is 7.12. The summed E-state index contributed by atoms with van der Waals surface area (Å²) < 4.78 is 4.69. The van der Waals surface area contributed by atoms with E-state index in [1.54, 1.807) is 11.0 Å². The lowest BCUT2D eigenvalue weighted by molar-refractivity contribution is -0.138. The molecule has 0 saturated heterocycles. The molecule has 0 aliphatic rings. The Kier molecular flexibility index (Phi) is 9.07. The van der Waals surface area contributed by atoms with Crippen molar-refractivity contribution in [1.29, 1.82) is 0 Å². The van der Waals surface area contributed by atoms with Crippen LogP contribution in [0.1, 0.15) is 39.5 Å². The fraction of sp³-hybridized carbons (Fsp3) is 0.706. The van der Waals surface area contributed by atoms with Gasteiger partial charge in [-0.3, -0.25) is 9.59 Å². The van der Waals surface area contributed by atoms with Crippen molar-refractivity contribution in [1.82, 2.24) is 15.0 Å². The van der Waals surface area contributed by atoms with Crippen LogP contribution in [0.3, 0.4) is 0 Å². The Morgan fingerprint density at radius 1 is 1.29 bits per heavy atom. The molecule has 1 unspecified atom stereocenters. The van der Waals surface area contributed by atoms with E-state index in [0.29, 0.717) is 18.9 Å². The molecule has 0 bridgehead atoms. The lowest BCUT2D eigenvalue weighted by atomic mass is 9.97. The van der Waals surface area contributed by atoms with Gasteiger partial charge in [0.1, 0.15) is 6.26 Å². The first-order chi connectivity index (χ1) is 11.5. The quantitative estimate of drug-likeness (QED) is 0.669. The molecular weight excluding hydrogens is 308 g/mol. The number of nitrogens with one attached hydrogen (secondary N) is 1. The molecule has 0 spiro atoms. The Morgan fingerprint density at radius 3 is 2.58 bits per heavy atom. The molecule has 1 rings (SSSR count). The zero-order chi connectivity index (χ0) is 17.9. The van der Waals surface area contributed by atoms with Crippen molar-refractivity contribution in [2.75, 3.05) is 39.0 Å². The van der Waals surface area contributed by atoms with Crippen LogP contribution in [-0.4, -0.2) is 60.5 Å². The second kappa shape index (κ2) is 10.8. The normalized spacial score (nSPS) is 12.2. The smallest absolute Gasteiger partial charge is 0.245 e. The molecule has 136 valence electrons. The molecular formula is C17H30N4O3. The fourth-order valence-electron chi connectivity index (χ4n) is 2.43. The van der Waals surface area contributed by atoms with Crippen LogP contribution in [0.25, 0.3) is 0 Å². The van der Waals surface area contributed by atoms with Crippen LogP contribution in [0.15, 0.2) is 16.9 Å². The summed E-state index contributed by atoms with van der Waals surface area (Å²) in [5.41, 5.74) is 0. The first kappa shape index (κ1) is 20.2. The summed E-state index contributed by atoms with van der Waals surface area (Å²) in [7, 11) is 3.90. The minimum absolute atomic E-state index is 0.0213. The monoisotopic (exact) mass is 338 g/mol. The van der Waals surface area contributed by atoms with Gasteiger partial charge in [0.15, 0.2) is 5.82 Å². The van der Waals surface area contributed by atoms with Crippen LogP contribution in [0.2, 0.25) is 0 Å². The molecule has 1 atom stereocenters. The molecule has 1 aromatic heterocycles. The van der Waals surface area contributed by atoms with Gasteiger partial charge in [-0.25, -0.2) is 0 Å². The van der Waals surface area contributed by atoms with Gasteiger partial charge in [0.25, 0.3) is 0 Å². The third-order valence-electron chi connectivity index (χ3n) is 3.92. The highest BCUT2D eigenvalue weighted by Gasteiger charge is 2.24. The van der Waals surface area contributed by atoms with E-state index in [9.17, 15) is 9.59 Å². The number of likely N-dealkylation sites (N-methyl/N-ethyl adjacent to an activating group) is 1. The van der Waals surface area contributed by atoms with Crippen LogP contribution in [0.4, 0.5) is 5.82 Å². The van der Waals surface area contributed by atoms with Gasteiger partial charge >= 0.3 is 0 Å². The molecule has 1 N–H and O–H groups in total. The van der Waals surface area contributed by atoms with Gasteiger partial charge in [-0.2, -0.15) is 0 Å². The molecule has 0 radical (unpaired) electrons. The highest BCUT2D eigenvalue weighted by atomic mass is 16.5. The van der Waals surface area contributed by atoms with Gasteiger partial charge < -0.3 is 19.6 Å². The van der Waals surface area contributed by atoms with Gasteiger partial charge in [-0.1, -0.05) is 31.8 Å². The second-order valence-corrected chi connectivity index (χ2v) is 6.24. The Balaban J connectivity index is 2.70. The first-order valence-corrected chi connectivity index (χ1v) is 8.61. The lowest BCUT2D eigenvalue weighted by Crippen LogP contribution is -2.44. The van der Waals surface area contributed by atoms with Gasteiger partial charge in [-0.15, -0.1) is 0 Å². The molecule has 7 heteroatoms. The van der Waals surface area contributed by atoms with Gasteiger partial charge in [-0.05, 0) is 26.9 Å². The Bertz CT molecular complexity index is 488. The number of amides is 2. The van der Waals surface area contributed by atoms with Gasteiger partial charge in [0.2, 0.25) is 11.8 Å². The SMILES string of the molecule is CCCCC(CC)C(=O)N(CCN(C)C)CC(=O)Nc1ccon1. The maximum Gasteiger partial charge on any atom is 0.245 e. The maximum absolute atomic E-state index is 12.8. The maximum atomic E-state index is 12.8. The number of unbranched alkanes of at least 4 members (excludes halogenated alkanes) is 1. The predicted molar refractivity (Wildman–Crippen MR) is 93.6 cm³/mol. The largest absolute Gasteiger partial charge is 0.363 e. The zero-order valence-electron chi connectivity index (χ0n) is 15.2. The van der Waals surface area contributed by atoms with Gasteiger partial charge in [0, 0.05) is 25.1 Å². The average Bonchev–Trinajstić information content (AvgIpc) is 3.04. The van der Waals surface area contributed by atoms with Crippen molar-refractivity contribution < 1.29 is 14.1 Å². The summed E-state index contributed by atoms with van der Waals surface area (Å²) in [5.74, 6) is 0.134. The van der Waals surface area contributed by atoms with E-state index < -0.39 is 0 Å². The molecule has 0 aromatic carbocycles. The number of hydrogen-bond donors (Lipinski definition) is 1.